The van der Waals surface area contributed by atoms with Gasteiger partial charge in [0.05, 0.1) is 15.9 Å². The fourth-order valence-electron chi connectivity index (χ4n) is 1.84. The summed E-state index contributed by atoms with van der Waals surface area (Å²) in [6.07, 6.45) is 1.64. The first-order valence-electron chi connectivity index (χ1n) is 6.54. The zero-order valence-corrected chi connectivity index (χ0v) is 13.0. The topological polar surface area (TPSA) is 50.7 Å². The van der Waals surface area contributed by atoms with Crippen molar-refractivity contribution in [3.8, 4) is 0 Å². The van der Waals surface area contributed by atoms with Crippen molar-refractivity contribution in [1.29, 1.82) is 0 Å². The van der Waals surface area contributed by atoms with E-state index in [-0.39, 0.29) is 5.82 Å². The van der Waals surface area contributed by atoms with Gasteiger partial charge in [-0.2, -0.15) is 5.10 Å². The van der Waals surface area contributed by atoms with E-state index < -0.39 is 0 Å². The molecule has 6 heteroatoms. The Morgan fingerprint density at radius 1 is 1.15 bits per heavy atom. The summed E-state index contributed by atoms with van der Waals surface area (Å²) in [5, 5.41) is 11.3. The summed E-state index contributed by atoms with van der Waals surface area (Å²) in [7, 11) is 0. The number of aromatic nitrogens is 3. The molecule has 1 N–H and O–H groups in total. The smallest absolute Gasteiger partial charge is 0.243 e. The molecule has 0 saturated carbocycles. The van der Waals surface area contributed by atoms with Gasteiger partial charge in [-0.3, -0.25) is 0 Å². The van der Waals surface area contributed by atoms with Crippen LogP contribution >= 0.6 is 15.9 Å². The molecule has 20 heavy (non-hydrogen) atoms. The van der Waals surface area contributed by atoms with Crippen LogP contribution in [0.2, 0.25) is 0 Å². The van der Waals surface area contributed by atoms with Gasteiger partial charge in [0.1, 0.15) is 5.82 Å². The number of aryl methyl sites for hydroxylation is 2. The van der Waals surface area contributed by atoms with Crippen LogP contribution in [0, 0.1) is 5.82 Å². The molecule has 1 aromatic heterocycles. The highest BCUT2D eigenvalue weighted by molar-refractivity contribution is 9.10. The Labute approximate surface area is 126 Å². The Hall–Kier alpha value is -1.56. The maximum Gasteiger partial charge on any atom is 0.243 e. The molecular weight excluding hydrogens is 323 g/mol. The van der Waals surface area contributed by atoms with Crippen LogP contribution in [0.1, 0.15) is 30.8 Å². The van der Waals surface area contributed by atoms with E-state index in [1.807, 2.05) is 19.9 Å². The maximum absolute atomic E-state index is 13.4. The Bertz CT molecular complexity index is 604. The minimum absolute atomic E-state index is 0.279. The number of anilines is 1. The van der Waals surface area contributed by atoms with Crippen LogP contribution in [-0.2, 0) is 19.4 Å². The molecule has 0 aliphatic carbocycles. The monoisotopic (exact) mass is 338 g/mol. The number of nitrogens with one attached hydrogen (secondary N) is 1. The number of rotatable bonds is 5. The average Bonchev–Trinajstić information content (AvgIpc) is 2.48. The van der Waals surface area contributed by atoms with Crippen LogP contribution in [-0.4, -0.2) is 15.2 Å². The fourth-order valence-corrected chi connectivity index (χ4v) is 2.09. The molecule has 1 aromatic carbocycles. The molecule has 0 saturated heterocycles. The van der Waals surface area contributed by atoms with Gasteiger partial charge in [-0.25, -0.2) is 9.37 Å². The van der Waals surface area contributed by atoms with Crippen molar-refractivity contribution < 1.29 is 4.39 Å². The Balaban J connectivity index is 2.08. The lowest BCUT2D eigenvalue weighted by Crippen LogP contribution is -2.09. The predicted molar refractivity (Wildman–Crippen MR) is 80.0 cm³/mol. The molecule has 4 nitrogen and oxygen atoms in total. The van der Waals surface area contributed by atoms with Gasteiger partial charge in [0.2, 0.25) is 5.95 Å². The third-order valence-electron chi connectivity index (χ3n) is 2.94. The van der Waals surface area contributed by atoms with E-state index in [9.17, 15) is 4.39 Å². The van der Waals surface area contributed by atoms with Crippen LogP contribution in [0.3, 0.4) is 0 Å². The Morgan fingerprint density at radius 2 is 1.90 bits per heavy atom. The molecule has 0 radical (unpaired) electrons. The minimum Gasteiger partial charge on any atom is -0.349 e. The number of benzene rings is 1. The van der Waals surface area contributed by atoms with E-state index >= 15 is 0 Å². The largest absolute Gasteiger partial charge is 0.349 e. The van der Waals surface area contributed by atoms with Crippen molar-refractivity contribution in [1.82, 2.24) is 15.2 Å². The van der Waals surface area contributed by atoms with Gasteiger partial charge >= 0.3 is 0 Å². The second-order valence-corrected chi connectivity index (χ2v) is 5.19. The number of halogens is 2. The molecule has 2 aromatic rings. The maximum atomic E-state index is 13.4. The van der Waals surface area contributed by atoms with Crippen molar-refractivity contribution in [2.24, 2.45) is 0 Å². The van der Waals surface area contributed by atoms with Gasteiger partial charge in [-0.1, -0.05) is 19.9 Å². The van der Waals surface area contributed by atoms with E-state index in [4.69, 9.17) is 0 Å². The molecule has 0 aliphatic rings. The first-order chi connectivity index (χ1) is 9.63. The molecule has 0 amide bonds. The molecule has 1 heterocycles. The zero-order chi connectivity index (χ0) is 14.5. The van der Waals surface area contributed by atoms with Crippen LogP contribution in [0.5, 0.6) is 0 Å². The molecule has 2 rings (SSSR count). The second-order valence-electron chi connectivity index (χ2n) is 4.34. The van der Waals surface area contributed by atoms with Crippen molar-refractivity contribution in [2.45, 2.75) is 33.2 Å². The first-order valence-corrected chi connectivity index (χ1v) is 7.33. The lowest BCUT2D eigenvalue weighted by atomic mass is 10.2. The van der Waals surface area contributed by atoms with Gasteiger partial charge < -0.3 is 5.32 Å². The predicted octanol–water partition coefficient (Wildman–Crippen LogP) is 3.51. The quantitative estimate of drug-likeness (QED) is 0.906. The number of hydrogen-bond donors (Lipinski definition) is 1. The molecule has 0 atom stereocenters. The third-order valence-corrected chi connectivity index (χ3v) is 3.59. The summed E-state index contributed by atoms with van der Waals surface area (Å²) >= 11 is 3.13. The molecular formula is C14H16BrFN4. The van der Waals surface area contributed by atoms with Crippen LogP contribution in [0.4, 0.5) is 10.3 Å². The fraction of sp³-hybridized carbons (Fsp3) is 0.357. The minimum atomic E-state index is -0.279. The molecule has 0 aliphatic heterocycles. The normalized spacial score (nSPS) is 10.6. The van der Waals surface area contributed by atoms with Gasteiger partial charge in [-0.05, 0) is 46.5 Å². The van der Waals surface area contributed by atoms with Crippen LogP contribution in [0.25, 0.3) is 0 Å². The van der Waals surface area contributed by atoms with Gasteiger partial charge in [-0.15, -0.1) is 5.10 Å². The van der Waals surface area contributed by atoms with Crippen molar-refractivity contribution in [3.05, 3.63) is 45.4 Å². The standard InChI is InChI=1S/C14H16BrFN4/c1-3-12-13(4-2)19-20-14(18-12)17-8-9-5-6-10(15)11(16)7-9/h5-7H,3-4,8H2,1-2H3,(H,17,18,20). The van der Waals surface area contributed by atoms with E-state index in [0.717, 1.165) is 29.8 Å². The highest BCUT2D eigenvalue weighted by Gasteiger charge is 2.06. The number of hydrogen-bond acceptors (Lipinski definition) is 4. The number of nitrogens with zero attached hydrogens (tertiary/aromatic N) is 3. The summed E-state index contributed by atoms with van der Waals surface area (Å²) in [6.45, 7) is 4.53. The third kappa shape index (κ3) is 3.50. The summed E-state index contributed by atoms with van der Waals surface area (Å²) in [4.78, 5) is 4.43. The molecule has 0 bridgehead atoms. The lowest BCUT2D eigenvalue weighted by Gasteiger charge is -2.08. The van der Waals surface area contributed by atoms with Crippen molar-refractivity contribution >= 4 is 21.9 Å². The van der Waals surface area contributed by atoms with E-state index in [2.05, 4.69) is 36.4 Å². The Morgan fingerprint density at radius 3 is 2.55 bits per heavy atom. The highest BCUT2D eigenvalue weighted by atomic mass is 79.9. The van der Waals surface area contributed by atoms with Gasteiger partial charge in [0, 0.05) is 6.54 Å². The Kier molecular flexibility index (Phi) is 5.00. The molecule has 0 spiro atoms. The first kappa shape index (κ1) is 14.8. The van der Waals surface area contributed by atoms with Crippen molar-refractivity contribution in [2.75, 3.05) is 5.32 Å². The van der Waals surface area contributed by atoms with Crippen LogP contribution in [0.15, 0.2) is 22.7 Å². The van der Waals surface area contributed by atoms with E-state index in [0.29, 0.717) is 17.0 Å². The van der Waals surface area contributed by atoms with Gasteiger partial charge in [0.15, 0.2) is 0 Å². The summed E-state index contributed by atoms with van der Waals surface area (Å²) in [5.74, 6) is 0.196. The van der Waals surface area contributed by atoms with Crippen LogP contribution < -0.4 is 5.32 Å². The van der Waals surface area contributed by atoms with Gasteiger partial charge in [0.25, 0.3) is 0 Å². The molecule has 0 unspecified atom stereocenters. The van der Waals surface area contributed by atoms with Crippen molar-refractivity contribution in [3.63, 3.8) is 0 Å². The SMILES string of the molecule is CCc1nnc(NCc2ccc(Br)c(F)c2)nc1CC. The second kappa shape index (κ2) is 6.74. The zero-order valence-electron chi connectivity index (χ0n) is 11.5. The average molecular weight is 339 g/mol. The summed E-state index contributed by atoms with van der Waals surface area (Å²) < 4.78 is 13.9. The molecule has 106 valence electrons. The molecule has 0 fully saturated rings. The summed E-state index contributed by atoms with van der Waals surface area (Å²) in [6, 6.07) is 5.00. The van der Waals surface area contributed by atoms with E-state index in [1.54, 1.807) is 6.07 Å². The lowest BCUT2D eigenvalue weighted by molar-refractivity contribution is 0.619. The highest BCUT2D eigenvalue weighted by Crippen LogP contribution is 2.17. The summed E-state index contributed by atoms with van der Waals surface area (Å²) in [5.41, 5.74) is 2.70. The van der Waals surface area contributed by atoms with E-state index in [1.165, 1.54) is 6.07 Å².